The van der Waals surface area contributed by atoms with Gasteiger partial charge >= 0.3 is 5.97 Å². The number of carboxylic acids is 1. The van der Waals surface area contributed by atoms with Crippen molar-refractivity contribution in [1.29, 1.82) is 0 Å². The second-order valence-corrected chi connectivity index (χ2v) is 12.2. The van der Waals surface area contributed by atoms with E-state index in [-0.39, 0.29) is 12.2 Å². The van der Waals surface area contributed by atoms with Crippen LogP contribution in [0.2, 0.25) is 0 Å². The standard InChI is InChI=1S/C30H30O4/c1-28-11-18-12-29(2,14-28)16-30(13-18,15-28)24-9-23(10-25-26(24)34-17-33-25)21-4-3-20-8-22(27(31)32)6-5-19(20)7-21/h3-10,18H,11-17H2,1-2H3,(H,31,32). The third kappa shape index (κ3) is 2.93. The van der Waals surface area contributed by atoms with Crippen LogP contribution < -0.4 is 9.47 Å². The van der Waals surface area contributed by atoms with Gasteiger partial charge < -0.3 is 14.6 Å². The van der Waals surface area contributed by atoms with E-state index in [4.69, 9.17) is 9.47 Å². The molecule has 3 aromatic rings. The quantitative estimate of drug-likeness (QED) is 0.455. The Morgan fingerprint density at radius 2 is 1.59 bits per heavy atom. The van der Waals surface area contributed by atoms with E-state index in [9.17, 15) is 9.90 Å². The fourth-order valence-electron chi connectivity index (χ4n) is 8.88. The second kappa shape index (κ2) is 6.56. The van der Waals surface area contributed by atoms with Crippen LogP contribution in [0, 0.1) is 16.7 Å². The lowest BCUT2D eigenvalue weighted by Crippen LogP contribution is -2.56. The van der Waals surface area contributed by atoms with Crippen LogP contribution in [0.5, 0.6) is 11.5 Å². The van der Waals surface area contributed by atoms with Crippen LogP contribution in [0.3, 0.4) is 0 Å². The Bertz CT molecular complexity index is 1350. The number of hydrogen-bond donors (Lipinski definition) is 1. The molecule has 2 unspecified atom stereocenters. The molecule has 0 amide bonds. The molecule has 0 radical (unpaired) electrons. The number of carboxylic acid groups (broad SMARTS) is 1. The molecule has 174 valence electrons. The van der Waals surface area contributed by atoms with Crippen LogP contribution in [-0.4, -0.2) is 17.9 Å². The number of ether oxygens (including phenoxy) is 2. The summed E-state index contributed by atoms with van der Waals surface area (Å²) in [5, 5.41) is 11.3. The highest BCUT2D eigenvalue weighted by molar-refractivity contribution is 5.95. The van der Waals surface area contributed by atoms with Crippen molar-refractivity contribution in [3.63, 3.8) is 0 Å². The summed E-state index contributed by atoms with van der Waals surface area (Å²) in [5.74, 6) is 1.73. The Morgan fingerprint density at radius 1 is 0.853 bits per heavy atom. The van der Waals surface area contributed by atoms with Crippen molar-refractivity contribution >= 4 is 16.7 Å². The Morgan fingerprint density at radius 3 is 2.32 bits per heavy atom. The van der Waals surface area contributed by atoms with Gasteiger partial charge in [-0.2, -0.15) is 0 Å². The van der Waals surface area contributed by atoms with Crippen molar-refractivity contribution in [2.24, 2.45) is 16.7 Å². The molecule has 4 nitrogen and oxygen atoms in total. The van der Waals surface area contributed by atoms with Gasteiger partial charge in [0.15, 0.2) is 11.5 Å². The largest absolute Gasteiger partial charge is 0.478 e. The molecule has 5 aliphatic rings. The number of aromatic carboxylic acids is 1. The molecule has 3 aromatic carbocycles. The fraction of sp³-hybridized carbons (Fsp3) is 0.433. The molecule has 1 N–H and O–H groups in total. The monoisotopic (exact) mass is 454 g/mol. The molecule has 4 fully saturated rings. The van der Waals surface area contributed by atoms with Crippen LogP contribution in [-0.2, 0) is 5.41 Å². The van der Waals surface area contributed by atoms with Gasteiger partial charge in [0.2, 0.25) is 6.79 Å². The molecule has 0 spiro atoms. The third-order valence-corrected chi connectivity index (χ3v) is 9.09. The van der Waals surface area contributed by atoms with E-state index in [1.807, 2.05) is 12.1 Å². The van der Waals surface area contributed by atoms with E-state index in [1.54, 1.807) is 12.1 Å². The summed E-state index contributed by atoms with van der Waals surface area (Å²) in [4.78, 5) is 11.4. The lowest BCUT2D eigenvalue weighted by Gasteiger charge is -2.65. The molecule has 2 atom stereocenters. The Hall–Kier alpha value is -3.01. The Balaban J connectivity index is 1.37. The fourth-order valence-corrected chi connectivity index (χ4v) is 8.88. The minimum Gasteiger partial charge on any atom is -0.478 e. The summed E-state index contributed by atoms with van der Waals surface area (Å²) >= 11 is 0. The van der Waals surface area contributed by atoms with Crippen LogP contribution in [0.25, 0.3) is 21.9 Å². The van der Waals surface area contributed by atoms with Crippen LogP contribution in [0.4, 0.5) is 0 Å². The summed E-state index contributed by atoms with van der Waals surface area (Å²) in [6.45, 7) is 5.32. The number of carbonyl (C=O) groups is 1. The zero-order valence-corrected chi connectivity index (χ0v) is 19.8. The first-order chi connectivity index (χ1) is 16.2. The molecule has 4 heteroatoms. The predicted molar refractivity (Wildman–Crippen MR) is 132 cm³/mol. The summed E-state index contributed by atoms with van der Waals surface area (Å²) in [6.07, 6.45) is 7.81. The van der Waals surface area contributed by atoms with Crippen molar-refractivity contribution in [3.05, 3.63) is 59.7 Å². The summed E-state index contributed by atoms with van der Waals surface area (Å²) < 4.78 is 12.1. The summed E-state index contributed by atoms with van der Waals surface area (Å²) in [5.41, 5.74) is 4.92. The predicted octanol–water partition coefficient (Wildman–Crippen LogP) is 7.18. The molecule has 4 saturated carbocycles. The molecule has 1 aliphatic heterocycles. The van der Waals surface area contributed by atoms with Gasteiger partial charge in [0, 0.05) is 11.0 Å². The average molecular weight is 455 g/mol. The highest BCUT2D eigenvalue weighted by Crippen LogP contribution is 2.71. The molecule has 34 heavy (non-hydrogen) atoms. The number of rotatable bonds is 3. The third-order valence-electron chi connectivity index (χ3n) is 9.09. The van der Waals surface area contributed by atoms with E-state index < -0.39 is 5.97 Å². The van der Waals surface area contributed by atoms with E-state index >= 15 is 0 Å². The second-order valence-electron chi connectivity index (χ2n) is 12.2. The Labute approximate surface area is 199 Å². The smallest absolute Gasteiger partial charge is 0.335 e. The molecular formula is C30H30O4. The van der Waals surface area contributed by atoms with Gasteiger partial charge in [0.05, 0.1) is 5.56 Å². The molecule has 1 heterocycles. The zero-order chi connectivity index (χ0) is 23.3. The van der Waals surface area contributed by atoms with Gasteiger partial charge in [-0.15, -0.1) is 0 Å². The maximum atomic E-state index is 11.4. The lowest BCUT2D eigenvalue weighted by molar-refractivity contribution is -0.110. The van der Waals surface area contributed by atoms with Crippen molar-refractivity contribution < 1.29 is 19.4 Å². The highest BCUT2D eigenvalue weighted by Gasteiger charge is 2.61. The first kappa shape index (κ1) is 20.4. The van der Waals surface area contributed by atoms with Gasteiger partial charge in [-0.25, -0.2) is 4.79 Å². The molecule has 8 rings (SSSR count). The van der Waals surface area contributed by atoms with Gasteiger partial charge in [0.25, 0.3) is 0 Å². The van der Waals surface area contributed by atoms with E-state index in [1.165, 1.54) is 44.1 Å². The van der Waals surface area contributed by atoms with E-state index in [0.717, 1.165) is 39.3 Å². The molecule has 4 bridgehead atoms. The van der Waals surface area contributed by atoms with Gasteiger partial charge in [-0.3, -0.25) is 0 Å². The first-order valence-electron chi connectivity index (χ1n) is 12.5. The highest BCUT2D eigenvalue weighted by atomic mass is 16.7. The minimum atomic E-state index is -0.899. The normalized spacial score (nSPS) is 32.9. The first-order valence-corrected chi connectivity index (χ1v) is 12.5. The molecule has 0 saturated heterocycles. The molecular weight excluding hydrogens is 424 g/mol. The molecule has 4 aliphatic carbocycles. The van der Waals surface area contributed by atoms with Gasteiger partial charge in [0.1, 0.15) is 0 Å². The van der Waals surface area contributed by atoms with Crippen LogP contribution in [0.1, 0.15) is 68.3 Å². The summed E-state index contributed by atoms with van der Waals surface area (Å²) in [7, 11) is 0. The SMILES string of the molecule is CC12CC3CC(C)(C1)CC(c1cc(-c4ccc5cc(C(=O)O)ccc5c4)cc4c1OCO4)(C3)C2. The van der Waals surface area contributed by atoms with Crippen LogP contribution in [0.15, 0.2) is 48.5 Å². The maximum absolute atomic E-state index is 11.4. The van der Waals surface area contributed by atoms with Crippen molar-refractivity contribution in [2.75, 3.05) is 6.79 Å². The number of hydrogen-bond acceptors (Lipinski definition) is 3. The number of fused-ring (bicyclic) bond motifs is 2. The number of benzene rings is 3. The van der Waals surface area contributed by atoms with Crippen molar-refractivity contribution in [3.8, 4) is 22.6 Å². The molecule has 0 aromatic heterocycles. The van der Waals surface area contributed by atoms with E-state index in [0.29, 0.717) is 16.4 Å². The average Bonchev–Trinajstić information content (AvgIpc) is 3.24. The summed E-state index contributed by atoms with van der Waals surface area (Å²) in [6, 6.07) is 16.1. The van der Waals surface area contributed by atoms with Crippen LogP contribution >= 0.6 is 0 Å². The topological polar surface area (TPSA) is 55.8 Å². The lowest BCUT2D eigenvalue weighted by atomic mass is 9.39. The zero-order valence-electron chi connectivity index (χ0n) is 19.8. The maximum Gasteiger partial charge on any atom is 0.335 e. The van der Waals surface area contributed by atoms with Crippen molar-refractivity contribution in [2.45, 2.75) is 57.8 Å². The Kier molecular flexibility index (Phi) is 3.93. The minimum absolute atomic E-state index is 0.157. The van der Waals surface area contributed by atoms with Gasteiger partial charge in [-0.1, -0.05) is 32.0 Å². The van der Waals surface area contributed by atoms with Crippen molar-refractivity contribution in [1.82, 2.24) is 0 Å². The van der Waals surface area contributed by atoms with Gasteiger partial charge in [-0.05, 0) is 108 Å². The van der Waals surface area contributed by atoms with E-state index in [2.05, 4.69) is 38.1 Å².